The third-order valence-electron chi connectivity index (χ3n) is 2.48. The second-order valence-corrected chi connectivity index (χ2v) is 4.73. The van der Waals surface area contributed by atoms with Gasteiger partial charge >= 0.3 is 0 Å². The fourth-order valence-electron chi connectivity index (χ4n) is 1.67. The third-order valence-corrected chi connectivity index (χ3v) is 2.83. The molecule has 0 heterocycles. The first-order chi connectivity index (χ1) is 8.99. The van der Waals surface area contributed by atoms with Gasteiger partial charge < -0.3 is 4.90 Å². The lowest BCUT2D eigenvalue weighted by atomic mass is 10.1. The Hall–Kier alpha value is -1.50. The first-order valence-corrected chi connectivity index (χ1v) is 6.92. The van der Waals surface area contributed by atoms with E-state index in [0.29, 0.717) is 18.4 Å². The molecule has 0 atom stereocenters. The van der Waals surface area contributed by atoms with Gasteiger partial charge in [0.25, 0.3) is 11.6 Å². The van der Waals surface area contributed by atoms with Crippen molar-refractivity contribution in [3.8, 4) is 0 Å². The van der Waals surface area contributed by atoms with Gasteiger partial charge in [0, 0.05) is 30.0 Å². The van der Waals surface area contributed by atoms with Crippen LogP contribution in [-0.4, -0.2) is 34.2 Å². The molecule has 1 rings (SSSR count). The molecule has 1 amide bonds. The molecule has 0 bridgehead atoms. The van der Waals surface area contributed by atoms with Crippen LogP contribution in [0.5, 0.6) is 0 Å². The number of rotatable bonds is 6. The van der Waals surface area contributed by atoms with Crippen LogP contribution < -0.4 is 0 Å². The lowest BCUT2D eigenvalue weighted by molar-refractivity contribution is -0.385. The topological polar surface area (TPSA) is 63.5 Å². The number of nitro groups is 1. The zero-order valence-electron chi connectivity index (χ0n) is 10.4. The average Bonchev–Trinajstić information content (AvgIpc) is 2.37. The van der Waals surface area contributed by atoms with Gasteiger partial charge in [0.15, 0.2) is 0 Å². The Morgan fingerprint density at radius 1 is 1.42 bits per heavy atom. The molecular formula is C12H14BrFN2O3. The Balaban J connectivity index is 3.06. The Kier molecular flexibility index (Phi) is 5.88. The predicted molar refractivity (Wildman–Crippen MR) is 73.0 cm³/mol. The standard InChI is InChI=1S/C12H14BrFN2O3/c1-2-4-15(5-3-13)12(17)9-6-10(14)8-11(7-9)16(18)19/h6-8H,2-5H2,1H3. The molecule has 19 heavy (non-hydrogen) atoms. The van der Waals surface area contributed by atoms with E-state index < -0.39 is 22.3 Å². The zero-order chi connectivity index (χ0) is 14.4. The highest BCUT2D eigenvalue weighted by atomic mass is 79.9. The first kappa shape index (κ1) is 15.6. The van der Waals surface area contributed by atoms with Crippen LogP contribution in [0.25, 0.3) is 0 Å². The van der Waals surface area contributed by atoms with Crippen LogP contribution in [0.3, 0.4) is 0 Å². The second kappa shape index (κ2) is 7.18. The maximum Gasteiger partial charge on any atom is 0.273 e. The van der Waals surface area contributed by atoms with Crippen molar-refractivity contribution in [2.24, 2.45) is 0 Å². The van der Waals surface area contributed by atoms with Crippen LogP contribution in [0.15, 0.2) is 18.2 Å². The zero-order valence-corrected chi connectivity index (χ0v) is 12.0. The van der Waals surface area contributed by atoms with Gasteiger partial charge in [0.1, 0.15) is 5.82 Å². The van der Waals surface area contributed by atoms with E-state index in [1.807, 2.05) is 6.92 Å². The molecule has 0 N–H and O–H groups in total. The summed E-state index contributed by atoms with van der Waals surface area (Å²) >= 11 is 3.24. The van der Waals surface area contributed by atoms with Gasteiger partial charge in [-0.3, -0.25) is 14.9 Å². The number of hydrogen-bond donors (Lipinski definition) is 0. The van der Waals surface area contributed by atoms with Crippen molar-refractivity contribution < 1.29 is 14.1 Å². The highest BCUT2D eigenvalue weighted by molar-refractivity contribution is 9.09. The highest BCUT2D eigenvalue weighted by Gasteiger charge is 2.19. The average molecular weight is 333 g/mol. The van der Waals surface area contributed by atoms with E-state index in [0.717, 1.165) is 24.6 Å². The van der Waals surface area contributed by atoms with Crippen molar-refractivity contribution in [1.82, 2.24) is 4.90 Å². The molecule has 1 aromatic rings. The monoisotopic (exact) mass is 332 g/mol. The minimum Gasteiger partial charge on any atom is -0.338 e. The Bertz CT molecular complexity index is 476. The lowest BCUT2D eigenvalue weighted by Gasteiger charge is -2.21. The van der Waals surface area contributed by atoms with E-state index in [2.05, 4.69) is 15.9 Å². The summed E-state index contributed by atoms with van der Waals surface area (Å²) in [5, 5.41) is 11.2. The molecule has 104 valence electrons. The first-order valence-electron chi connectivity index (χ1n) is 5.79. The van der Waals surface area contributed by atoms with Gasteiger partial charge in [-0.15, -0.1) is 0 Å². The number of nitrogens with zero attached hydrogens (tertiary/aromatic N) is 2. The fraction of sp³-hybridized carbons (Fsp3) is 0.417. The van der Waals surface area contributed by atoms with Gasteiger partial charge in [-0.25, -0.2) is 4.39 Å². The van der Waals surface area contributed by atoms with Crippen LogP contribution in [0, 0.1) is 15.9 Å². The smallest absolute Gasteiger partial charge is 0.273 e. The van der Waals surface area contributed by atoms with E-state index in [4.69, 9.17) is 0 Å². The number of alkyl halides is 1. The molecule has 5 nitrogen and oxygen atoms in total. The van der Waals surface area contributed by atoms with Crippen molar-refractivity contribution in [3.05, 3.63) is 39.7 Å². The minimum atomic E-state index is -0.784. The summed E-state index contributed by atoms with van der Waals surface area (Å²) in [7, 11) is 0. The van der Waals surface area contributed by atoms with Crippen molar-refractivity contribution in [2.75, 3.05) is 18.4 Å². The molecule has 0 aliphatic rings. The van der Waals surface area contributed by atoms with Crippen LogP contribution >= 0.6 is 15.9 Å². The summed E-state index contributed by atoms with van der Waals surface area (Å²) in [5.41, 5.74) is -0.417. The molecule has 0 unspecified atom stereocenters. The maximum atomic E-state index is 13.3. The number of halogens is 2. The largest absolute Gasteiger partial charge is 0.338 e. The van der Waals surface area contributed by atoms with E-state index in [1.165, 1.54) is 4.90 Å². The number of carbonyl (C=O) groups excluding carboxylic acids is 1. The third kappa shape index (κ3) is 4.27. The summed E-state index contributed by atoms with van der Waals surface area (Å²) < 4.78 is 13.3. The van der Waals surface area contributed by atoms with Crippen molar-refractivity contribution in [2.45, 2.75) is 13.3 Å². The van der Waals surface area contributed by atoms with Crippen molar-refractivity contribution in [3.63, 3.8) is 0 Å². The molecule has 1 aromatic carbocycles. The number of nitro benzene ring substituents is 1. The summed E-state index contributed by atoms with van der Waals surface area (Å²) in [6.07, 6.45) is 0.760. The molecular weight excluding hydrogens is 319 g/mol. The van der Waals surface area contributed by atoms with E-state index in [9.17, 15) is 19.3 Å². The predicted octanol–water partition coefficient (Wildman–Crippen LogP) is 2.98. The SMILES string of the molecule is CCCN(CCBr)C(=O)c1cc(F)cc([N+](=O)[O-])c1. The summed E-state index contributed by atoms with van der Waals surface area (Å²) in [6.45, 7) is 2.91. The van der Waals surface area contributed by atoms with Crippen LogP contribution in [0.2, 0.25) is 0 Å². The lowest BCUT2D eigenvalue weighted by Crippen LogP contribution is -2.33. The Morgan fingerprint density at radius 2 is 2.11 bits per heavy atom. The second-order valence-electron chi connectivity index (χ2n) is 3.94. The maximum absolute atomic E-state index is 13.3. The molecule has 0 spiro atoms. The van der Waals surface area contributed by atoms with E-state index in [-0.39, 0.29) is 5.56 Å². The molecule has 0 fully saturated rings. The summed E-state index contributed by atoms with van der Waals surface area (Å²) in [6, 6.07) is 2.92. The molecule has 7 heteroatoms. The Labute approximate surface area is 118 Å². The highest BCUT2D eigenvalue weighted by Crippen LogP contribution is 2.18. The molecule has 0 aliphatic heterocycles. The van der Waals surface area contributed by atoms with Gasteiger partial charge in [-0.05, 0) is 12.5 Å². The van der Waals surface area contributed by atoms with Crippen molar-refractivity contribution >= 4 is 27.5 Å². The van der Waals surface area contributed by atoms with E-state index >= 15 is 0 Å². The summed E-state index contributed by atoms with van der Waals surface area (Å²) in [4.78, 5) is 23.6. The van der Waals surface area contributed by atoms with Gasteiger partial charge in [0.2, 0.25) is 0 Å². The van der Waals surface area contributed by atoms with Gasteiger partial charge in [0.05, 0.1) is 11.0 Å². The summed E-state index contributed by atoms with van der Waals surface area (Å²) in [5.74, 6) is -1.18. The number of amides is 1. The Morgan fingerprint density at radius 3 is 2.63 bits per heavy atom. The number of benzene rings is 1. The van der Waals surface area contributed by atoms with Gasteiger partial charge in [-0.1, -0.05) is 22.9 Å². The number of hydrogen-bond acceptors (Lipinski definition) is 3. The van der Waals surface area contributed by atoms with Crippen LogP contribution in [-0.2, 0) is 0 Å². The van der Waals surface area contributed by atoms with E-state index in [1.54, 1.807) is 0 Å². The quantitative estimate of drug-likeness (QED) is 0.457. The number of non-ortho nitro benzene ring substituents is 1. The van der Waals surface area contributed by atoms with Gasteiger partial charge in [-0.2, -0.15) is 0 Å². The van der Waals surface area contributed by atoms with Crippen LogP contribution in [0.1, 0.15) is 23.7 Å². The fourth-order valence-corrected chi connectivity index (χ4v) is 2.10. The van der Waals surface area contributed by atoms with Crippen LogP contribution in [0.4, 0.5) is 10.1 Å². The van der Waals surface area contributed by atoms with Crippen molar-refractivity contribution in [1.29, 1.82) is 0 Å². The number of carbonyl (C=O) groups is 1. The molecule has 0 aromatic heterocycles. The molecule has 0 saturated carbocycles. The molecule has 0 saturated heterocycles. The normalized spacial score (nSPS) is 10.3. The molecule has 0 radical (unpaired) electrons. The minimum absolute atomic E-state index is 0.00102. The molecule has 0 aliphatic carbocycles.